The highest BCUT2D eigenvalue weighted by Crippen LogP contribution is 2.59. The first-order valence-electron chi connectivity index (χ1n) is 48.7. The van der Waals surface area contributed by atoms with E-state index in [9.17, 15) is 14.4 Å². The summed E-state index contributed by atoms with van der Waals surface area (Å²) in [6.07, 6.45) is 24.4. The molecule has 8 aliphatic heterocycles. The average Bonchev–Trinajstić information content (AvgIpc) is 1.53. The lowest BCUT2D eigenvalue weighted by atomic mass is 9.80. The van der Waals surface area contributed by atoms with Crippen molar-refractivity contribution in [2.24, 2.45) is 0 Å². The Labute approximate surface area is 797 Å². The average molecular weight is 1800 g/mol. The van der Waals surface area contributed by atoms with Gasteiger partial charge in [0.1, 0.15) is 0 Å². The van der Waals surface area contributed by atoms with Crippen LogP contribution >= 0.6 is 23.5 Å². The Bertz CT molecular complexity index is 5790. The molecule has 18 rings (SSSR count). The van der Waals surface area contributed by atoms with Crippen molar-refractivity contribution in [3.8, 4) is 0 Å². The summed E-state index contributed by atoms with van der Waals surface area (Å²) in [6.45, 7) is 45.8. The second-order valence-electron chi connectivity index (χ2n) is 39.8. The van der Waals surface area contributed by atoms with E-state index in [4.69, 9.17) is 0 Å². The van der Waals surface area contributed by atoms with Crippen molar-refractivity contribution < 1.29 is 19.2 Å². The van der Waals surface area contributed by atoms with E-state index in [0.29, 0.717) is 0 Å². The molecule has 9 aromatic carbocycles. The Hall–Kier alpha value is -11.3. The molecule has 0 radical (unpaired) electrons. The molecule has 0 spiro atoms. The number of benzene rings is 9. The highest BCUT2D eigenvalue weighted by Gasteiger charge is 2.51. The number of carbonyl (C=O) groups excluding carboxylic acids is 4. The van der Waals surface area contributed by atoms with Gasteiger partial charge in [0, 0.05) is 200 Å². The molecular weight excluding hydrogens is 1660 g/mol. The second-order valence-corrected chi connectivity index (χ2v) is 41.9. The number of thioether (sulfide) groups is 2. The number of para-hydroxylation sites is 8. The molecule has 8 heterocycles. The van der Waals surface area contributed by atoms with E-state index in [1.807, 2.05) is 50.5 Å². The predicted octanol–water partition coefficient (Wildman–Crippen LogP) is 28.6. The van der Waals surface area contributed by atoms with Gasteiger partial charge in [0.05, 0.1) is 32.6 Å². The van der Waals surface area contributed by atoms with E-state index < -0.39 is 0 Å². The minimum atomic E-state index is -0.279. The van der Waals surface area contributed by atoms with E-state index >= 15 is 4.79 Å². The quantitative estimate of drug-likeness (QED) is 0.0537. The Morgan fingerprint density at radius 3 is 0.803 bits per heavy atom. The first-order valence-corrected chi connectivity index (χ1v) is 50.3. The number of anilines is 8. The smallest absolute Gasteiger partial charge is 0.197 e. The van der Waals surface area contributed by atoms with E-state index in [1.54, 1.807) is 35.7 Å². The van der Waals surface area contributed by atoms with Crippen LogP contribution in [0.15, 0.2) is 309 Å². The van der Waals surface area contributed by atoms with Gasteiger partial charge in [-0.15, -0.1) is 0 Å². The summed E-state index contributed by atoms with van der Waals surface area (Å²) in [5.41, 5.74) is 26.7. The number of hydrogen-bond acceptors (Lipinski definition) is 14. The lowest BCUT2D eigenvalue weighted by Gasteiger charge is -2.30. The minimum Gasteiger partial charge on any atom is -0.347 e. The van der Waals surface area contributed by atoms with E-state index in [0.717, 1.165) is 183 Å². The van der Waals surface area contributed by atoms with Crippen LogP contribution in [-0.2, 0) is 51.7 Å². The van der Waals surface area contributed by atoms with Gasteiger partial charge in [0.15, 0.2) is 23.1 Å². The lowest BCUT2D eigenvalue weighted by Crippen LogP contribution is -2.31. The van der Waals surface area contributed by atoms with Gasteiger partial charge in [-0.3, -0.25) is 19.2 Å². The molecule has 14 heteroatoms. The monoisotopic (exact) mass is 1800 g/mol. The van der Waals surface area contributed by atoms with Crippen LogP contribution in [-0.4, -0.2) is 76.5 Å². The number of likely N-dealkylation sites (N-methyl/N-ethyl adjacent to an activating group) is 2. The maximum atomic E-state index is 15.1. The molecule has 9 aromatic rings. The summed E-state index contributed by atoms with van der Waals surface area (Å²) < 4.78 is 0. The van der Waals surface area contributed by atoms with Crippen molar-refractivity contribution >= 4 is 103 Å². The molecule has 1 aliphatic carbocycles. The third-order valence-corrected chi connectivity index (χ3v) is 30.9. The number of allylic oxidation sites excluding steroid dienone is 14. The summed E-state index contributed by atoms with van der Waals surface area (Å²) >= 11 is 3.40. The molecule has 132 heavy (non-hydrogen) atoms. The summed E-state index contributed by atoms with van der Waals surface area (Å²) in [4.78, 5) is 75.9. The lowest BCUT2D eigenvalue weighted by molar-refractivity contribution is -0.111. The largest absolute Gasteiger partial charge is 0.347 e. The number of hydrogen-bond donors (Lipinski definition) is 0. The van der Waals surface area contributed by atoms with Crippen molar-refractivity contribution in [3.05, 3.63) is 344 Å². The fourth-order valence-electron chi connectivity index (χ4n) is 21.6. The zero-order valence-corrected chi connectivity index (χ0v) is 83.6. The van der Waals surface area contributed by atoms with Gasteiger partial charge < -0.3 is 39.2 Å². The van der Waals surface area contributed by atoms with Crippen molar-refractivity contribution in [2.45, 2.75) is 244 Å². The number of unbranched alkanes of at least 4 members (excludes halogenated alkanes) is 6. The van der Waals surface area contributed by atoms with Crippen LogP contribution in [0.3, 0.4) is 0 Å². The maximum Gasteiger partial charge on any atom is 0.197 e. The Balaban J connectivity index is 0.000000136. The summed E-state index contributed by atoms with van der Waals surface area (Å²) in [6, 6.07) is 76.8. The van der Waals surface area contributed by atoms with E-state index in [1.165, 1.54) is 88.7 Å². The highest BCUT2D eigenvalue weighted by atomic mass is 32.2. The molecular formula is C118H138N8O4S2. The SMILES string of the molecule is CCCCN1/C(=C/C(=O)/C=C2/N(CCCC)c3ccccc3C2(C)C)C(C)(C)c2ccccc21.CCCCN1/C(=C/C(=O)/C=C2\Sc3ccccc3N2CCCC)Sc2ccccc21.CCCCN1/C(=C2/C(=O)/C(=C3/N(CCCC)c4ccccc4C3(C)C)c3ccccc32)C(C)(C)c2ccccc21.CN1/C(=C/C(=O)/C=C2/N(C)c3ccccc3C2(C)C)C(C)(C)c2ccccc21. The van der Waals surface area contributed by atoms with Crippen molar-refractivity contribution in [1.29, 1.82) is 0 Å². The van der Waals surface area contributed by atoms with Crippen LogP contribution < -0.4 is 39.2 Å². The molecule has 0 N–H and O–H groups in total. The topological polar surface area (TPSA) is 94.2 Å². The summed E-state index contributed by atoms with van der Waals surface area (Å²) in [5.74, 6) is 0.347. The minimum absolute atomic E-state index is 0.0328. The molecule has 0 bridgehead atoms. The van der Waals surface area contributed by atoms with Crippen molar-refractivity contribution in [3.63, 3.8) is 0 Å². The van der Waals surface area contributed by atoms with Crippen molar-refractivity contribution in [2.75, 3.05) is 92.6 Å². The van der Waals surface area contributed by atoms with Gasteiger partial charge in [-0.1, -0.05) is 344 Å². The van der Waals surface area contributed by atoms with Crippen LogP contribution in [0.4, 0.5) is 45.5 Å². The molecule has 0 aromatic heterocycles. The maximum absolute atomic E-state index is 15.1. The van der Waals surface area contributed by atoms with Gasteiger partial charge in [0.25, 0.3) is 0 Å². The fraction of sp³-hybridized carbons (Fsp3) is 0.373. The number of Topliss-reactive ketones (excluding diaryl/α,β-unsaturated/α-hetero) is 1. The standard InChI is InChI=1S/C37H42N2O.C31H40N2O.C25H28N2OS2.C25H28N2O/c1-7-9-23-38-29-21-15-13-19-27(29)36(3,4)34(38)31-25-17-11-12-18-26(25)32(33(31)40)35-37(5,6)28-20-14-16-22-30(28)39(35)24-10-8-2;1-7-9-19-32-26-17-13-11-15-24(26)30(3,4)28(32)21-23(34)22-29-31(5,6)25-16-12-14-18-27(25)33(29)20-10-8-2;1-3-5-15-26-20-11-7-9-13-22(20)29-24(26)17-19(28)18-25-27(16-6-4-2)21-12-8-10-14-23(21)30-25;1-24(2)18-11-7-9-13-20(18)26(5)22(24)15-17(28)16-23-25(3,4)19-12-8-10-14-21(19)27(23)6/h11-22H,7-10,23-24H2,1-6H3;11-18,21-22H,7-10,19-20H2,1-6H3;7-14,17-18H,3-6,15-16H2,1-2H3;7-16H,1-6H3/b34-31+,35-32+;28-21+,29-22+;24-17-,25-18-;22-15+,23-16+. The second kappa shape index (κ2) is 39.5. The highest BCUT2D eigenvalue weighted by molar-refractivity contribution is 8.04. The number of fused-ring (bicyclic) bond motifs is 9. The van der Waals surface area contributed by atoms with Gasteiger partial charge in [0.2, 0.25) is 0 Å². The molecule has 12 nitrogen and oxygen atoms in total. The predicted molar refractivity (Wildman–Crippen MR) is 561 cm³/mol. The molecule has 0 fully saturated rings. The van der Waals surface area contributed by atoms with Crippen molar-refractivity contribution in [1.82, 2.24) is 0 Å². The number of carbonyl (C=O) groups is 4. The van der Waals surface area contributed by atoms with Gasteiger partial charge >= 0.3 is 0 Å². The van der Waals surface area contributed by atoms with E-state index in [2.05, 4.69) is 370 Å². The first-order chi connectivity index (χ1) is 63.3. The van der Waals surface area contributed by atoms with E-state index in [-0.39, 0.29) is 55.6 Å². The Morgan fingerprint density at radius 1 is 0.265 bits per heavy atom. The van der Waals surface area contributed by atoms with Crippen LogP contribution in [0.2, 0.25) is 0 Å². The molecule has 9 aliphatic rings. The number of nitrogens with zero attached hydrogens (tertiary/aromatic N) is 8. The van der Waals surface area contributed by atoms with Gasteiger partial charge in [-0.05, 0) is 144 Å². The molecule has 686 valence electrons. The summed E-state index contributed by atoms with van der Waals surface area (Å²) in [7, 11) is 4.09. The molecule has 0 saturated carbocycles. The Morgan fingerprint density at radius 2 is 0.492 bits per heavy atom. The zero-order valence-electron chi connectivity index (χ0n) is 82.0. The molecule has 0 atom stereocenters. The van der Waals surface area contributed by atoms with Crippen LogP contribution in [0.1, 0.15) is 246 Å². The van der Waals surface area contributed by atoms with Crippen LogP contribution in [0.25, 0.3) is 11.1 Å². The molecule has 0 saturated heterocycles. The van der Waals surface area contributed by atoms with Crippen LogP contribution in [0, 0.1) is 0 Å². The number of rotatable bonds is 24. The number of ketones is 4. The fourth-order valence-corrected chi connectivity index (χ4v) is 23.8. The molecule has 0 unspecified atom stereocenters. The Kier molecular flexibility index (Phi) is 28.5. The zero-order chi connectivity index (χ0) is 93.9. The summed E-state index contributed by atoms with van der Waals surface area (Å²) in [5, 5.41) is 2.07. The van der Waals surface area contributed by atoms with Crippen LogP contribution in [0.5, 0.6) is 0 Å². The molecule has 0 amide bonds. The first kappa shape index (κ1) is 95.3. The van der Waals surface area contributed by atoms with Gasteiger partial charge in [-0.2, -0.15) is 0 Å². The normalized spacial score (nSPS) is 20.6. The third kappa shape index (κ3) is 17.8. The van der Waals surface area contributed by atoms with Gasteiger partial charge in [-0.25, -0.2) is 0 Å². The third-order valence-electron chi connectivity index (χ3n) is 28.7.